The SMILES string of the molecule is CC(C)CC1OC(=O)CCNC(=O)C(Cc2ccccc2)N(C)C(=O)[C@H](C(C)C)N(C)C(=O)[C@H](Cc2ccccc2)NC(=O)[C@@H]2C(C)CCN2C1=O. The fourth-order valence-corrected chi connectivity index (χ4v) is 7.22. The van der Waals surface area contributed by atoms with Crippen LogP contribution in [0.4, 0.5) is 0 Å². The lowest BCUT2D eigenvalue weighted by atomic mass is 9.96. The van der Waals surface area contributed by atoms with Gasteiger partial charge in [0.05, 0.1) is 6.42 Å². The lowest BCUT2D eigenvalue weighted by Crippen LogP contribution is -2.61. The number of fused-ring (bicyclic) bond motifs is 1. The summed E-state index contributed by atoms with van der Waals surface area (Å²) in [5, 5.41) is 5.76. The first-order valence-electron chi connectivity index (χ1n) is 18.4. The number of ether oxygens (including phenoxy) is 1. The Balaban J connectivity index is 1.78. The topological polar surface area (TPSA) is 145 Å². The third-order valence-electron chi connectivity index (χ3n) is 10.1. The van der Waals surface area contributed by atoms with Crippen LogP contribution in [0.2, 0.25) is 0 Å². The van der Waals surface area contributed by atoms with Gasteiger partial charge in [-0.05, 0) is 41.7 Å². The van der Waals surface area contributed by atoms with E-state index < -0.39 is 65.8 Å². The molecule has 2 aromatic carbocycles. The third kappa shape index (κ3) is 9.98. The minimum atomic E-state index is -1.12. The molecule has 6 atom stereocenters. The number of esters is 1. The molecule has 12 heteroatoms. The molecule has 52 heavy (non-hydrogen) atoms. The van der Waals surface area contributed by atoms with Gasteiger partial charge < -0.3 is 30.1 Å². The summed E-state index contributed by atoms with van der Waals surface area (Å²) >= 11 is 0. The Morgan fingerprint density at radius 1 is 0.769 bits per heavy atom. The van der Waals surface area contributed by atoms with Crippen molar-refractivity contribution in [2.24, 2.45) is 17.8 Å². The second-order valence-corrected chi connectivity index (χ2v) is 14.9. The lowest BCUT2D eigenvalue weighted by molar-refractivity contribution is -0.162. The molecule has 2 N–H and O–H groups in total. The molecule has 2 fully saturated rings. The third-order valence-corrected chi connectivity index (χ3v) is 10.1. The fourth-order valence-electron chi connectivity index (χ4n) is 7.22. The van der Waals surface area contributed by atoms with Crippen LogP contribution >= 0.6 is 0 Å². The van der Waals surface area contributed by atoms with Crippen LogP contribution in [0.5, 0.6) is 0 Å². The molecule has 2 aliphatic rings. The number of likely N-dealkylation sites (N-methyl/N-ethyl adjacent to an activating group) is 2. The Hall–Kier alpha value is -4.74. The largest absolute Gasteiger partial charge is 0.452 e. The van der Waals surface area contributed by atoms with Crippen LogP contribution in [0, 0.1) is 17.8 Å². The maximum absolute atomic E-state index is 14.5. The van der Waals surface area contributed by atoms with Crippen LogP contribution in [0.3, 0.4) is 0 Å². The summed E-state index contributed by atoms with van der Waals surface area (Å²) in [5.41, 5.74) is 1.62. The van der Waals surface area contributed by atoms with Gasteiger partial charge in [-0.1, -0.05) is 95.3 Å². The zero-order chi connectivity index (χ0) is 38.1. The van der Waals surface area contributed by atoms with Gasteiger partial charge in [-0.3, -0.25) is 28.8 Å². The van der Waals surface area contributed by atoms with E-state index in [2.05, 4.69) is 10.6 Å². The van der Waals surface area contributed by atoms with Crippen LogP contribution in [-0.2, 0) is 46.3 Å². The van der Waals surface area contributed by atoms with Gasteiger partial charge in [0.15, 0.2) is 6.10 Å². The first-order chi connectivity index (χ1) is 24.7. The Bertz CT molecular complexity index is 1570. The Kier molecular flexibility index (Phi) is 14.0. The van der Waals surface area contributed by atoms with E-state index >= 15 is 0 Å². The van der Waals surface area contributed by atoms with Crippen molar-refractivity contribution in [3.63, 3.8) is 0 Å². The molecule has 2 saturated heterocycles. The molecule has 282 valence electrons. The number of carbonyl (C=O) groups excluding carboxylic acids is 6. The quantitative estimate of drug-likeness (QED) is 0.419. The average Bonchev–Trinajstić information content (AvgIpc) is 3.50. The molecule has 5 amide bonds. The van der Waals surface area contributed by atoms with Crippen molar-refractivity contribution in [3.8, 4) is 0 Å². The van der Waals surface area contributed by atoms with Gasteiger partial charge in [0.25, 0.3) is 5.91 Å². The second kappa shape index (κ2) is 18.1. The van der Waals surface area contributed by atoms with Gasteiger partial charge in [0, 0.05) is 40.0 Å². The highest BCUT2D eigenvalue weighted by Crippen LogP contribution is 2.27. The molecule has 0 aliphatic carbocycles. The van der Waals surface area contributed by atoms with Gasteiger partial charge in [0.1, 0.15) is 24.2 Å². The first-order valence-corrected chi connectivity index (χ1v) is 18.4. The molecule has 4 rings (SSSR count). The molecule has 0 bridgehead atoms. The molecule has 2 aromatic rings. The highest BCUT2D eigenvalue weighted by atomic mass is 16.5. The maximum Gasteiger partial charge on any atom is 0.308 e. The van der Waals surface area contributed by atoms with Crippen molar-refractivity contribution in [3.05, 3.63) is 71.8 Å². The van der Waals surface area contributed by atoms with E-state index in [9.17, 15) is 28.8 Å². The molecule has 0 radical (unpaired) electrons. The Morgan fingerprint density at radius 3 is 1.94 bits per heavy atom. The van der Waals surface area contributed by atoms with E-state index in [-0.39, 0.29) is 56.5 Å². The number of carbonyl (C=O) groups is 6. The van der Waals surface area contributed by atoms with E-state index in [1.54, 1.807) is 14.1 Å². The van der Waals surface area contributed by atoms with E-state index in [1.165, 1.54) is 14.7 Å². The molecular formula is C40H55N5O7. The van der Waals surface area contributed by atoms with Crippen molar-refractivity contribution >= 4 is 35.5 Å². The normalized spacial score (nSPS) is 26.1. The van der Waals surface area contributed by atoms with Crippen molar-refractivity contribution in [1.29, 1.82) is 0 Å². The van der Waals surface area contributed by atoms with Crippen molar-refractivity contribution in [1.82, 2.24) is 25.3 Å². The van der Waals surface area contributed by atoms with Crippen LogP contribution in [0.1, 0.15) is 65.0 Å². The minimum absolute atomic E-state index is 0.000465. The van der Waals surface area contributed by atoms with E-state index in [1.807, 2.05) is 95.3 Å². The number of nitrogens with one attached hydrogen (secondary N) is 2. The molecule has 0 spiro atoms. The molecule has 2 aliphatic heterocycles. The van der Waals surface area contributed by atoms with Crippen LogP contribution < -0.4 is 10.6 Å². The predicted molar refractivity (Wildman–Crippen MR) is 196 cm³/mol. The van der Waals surface area contributed by atoms with Gasteiger partial charge >= 0.3 is 5.97 Å². The lowest BCUT2D eigenvalue weighted by Gasteiger charge is -2.38. The molecule has 2 heterocycles. The Morgan fingerprint density at radius 2 is 1.37 bits per heavy atom. The van der Waals surface area contributed by atoms with Gasteiger partial charge in [-0.15, -0.1) is 0 Å². The highest BCUT2D eigenvalue weighted by Gasteiger charge is 2.45. The van der Waals surface area contributed by atoms with Gasteiger partial charge in [0.2, 0.25) is 23.6 Å². The predicted octanol–water partition coefficient (Wildman–Crippen LogP) is 2.98. The number of hydrogen-bond acceptors (Lipinski definition) is 7. The summed E-state index contributed by atoms with van der Waals surface area (Å²) in [4.78, 5) is 88.4. The summed E-state index contributed by atoms with van der Waals surface area (Å²) in [6.07, 6.45) is -0.188. The summed E-state index contributed by atoms with van der Waals surface area (Å²) in [6.45, 7) is 9.58. The number of hydrogen-bond donors (Lipinski definition) is 2. The van der Waals surface area contributed by atoms with Crippen molar-refractivity contribution in [2.75, 3.05) is 27.2 Å². The molecule has 12 nitrogen and oxygen atoms in total. The molecule has 3 unspecified atom stereocenters. The number of benzene rings is 2. The first kappa shape index (κ1) is 40.0. The van der Waals surface area contributed by atoms with E-state index in [0.717, 1.165) is 11.1 Å². The zero-order valence-corrected chi connectivity index (χ0v) is 31.5. The monoisotopic (exact) mass is 717 g/mol. The molecule has 0 saturated carbocycles. The summed E-state index contributed by atoms with van der Waals surface area (Å²) < 4.78 is 5.75. The zero-order valence-electron chi connectivity index (χ0n) is 31.5. The van der Waals surface area contributed by atoms with Crippen LogP contribution in [0.15, 0.2) is 60.7 Å². The van der Waals surface area contributed by atoms with Gasteiger partial charge in [-0.2, -0.15) is 0 Å². The number of nitrogens with zero attached hydrogens (tertiary/aromatic N) is 3. The van der Waals surface area contributed by atoms with Crippen LogP contribution in [-0.4, -0.2) is 108 Å². The van der Waals surface area contributed by atoms with Crippen LogP contribution in [0.25, 0.3) is 0 Å². The smallest absolute Gasteiger partial charge is 0.308 e. The van der Waals surface area contributed by atoms with E-state index in [4.69, 9.17) is 4.74 Å². The standard InChI is InChI=1S/C40H55N5O7/c1-25(2)22-32-39(50)45-21-19-27(5)35(45)37(48)42-30(23-28-14-10-8-11-15-28)38(49)44(7)34(26(3)4)40(51)43(6)31(24-29-16-12-9-13-17-29)36(47)41-20-18-33(46)52-32/h8-17,25-27,30-32,34-35H,18-24H2,1-7H3,(H,41,47)(H,42,48)/t27?,30-,31?,32?,34-,35-/m0/s1. The Labute approximate surface area is 307 Å². The number of cyclic esters (lactones) is 1. The average molecular weight is 718 g/mol. The molecule has 0 aromatic heterocycles. The van der Waals surface area contributed by atoms with Crippen molar-refractivity contribution in [2.45, 2.75) is 97.0 Å². The van der Waals surface area contributed by atoms with Crippen molar-refractivity contribution < 1.29 is 33.5 Å². The number of rotatable bonds is 7. The summed E-state index contributed by atoms with van der Waals surface area (Å²) in [6, 6.07) is 14.6. The summed E-state index contributed by atoms with van der Waals surface area (Å²) in [7, 11) is 3.09. The highest BCUT2D eigenvalue weighted by molar-refractivity contribution is 5.96. The molecular weight excluding hydrogens is 662 g/mol. The minimum Gasteiger partial charge on any atom is -0.452 e. The van der Waals surface area contributed by atoms with Gasteiger partial charge in [-0.25, -0.2) is 0 Å². The maximum atomic E-state index is 14.5. The number of amides is 5. The fraction of sp³-hybridized carbons (Fsp3) is 0.550. The van der Waals surface area contributed by atoms with E-state index in [0.29, 0.717) is 6.42 Å². The second-order valence-electron chi connectivity index (χ2n) is 14.9. The summed E-state index contributed by atoms with van der Waals surface area (Å²) in [5.74, 6) is -3.60.